The molecule has 3 N–H and O–H groups in total. The van der Waals surface area contributed by atoms with Gasteiger partial charge in [-0.25, -0.2) is 14.7 Å². The Morgan fingerprint density at radius 3 is 2.47 bits per heavy atom. The lowest BCUT2D eigenvalue weighted by Gasteiger charge is -2.09. The van der Waals surface area contributed by atoms with E-state index < -0.39 is 0 Å². The Bertz CT molecular complexity index is 1080. The minimum Gasteiger partial charge on any atom is -0.457 e. The summed E-state index contributed by atoms with van der Waals surface area (Å²) in [4.78, 5) is 8.35. The van der Waals surface area contributed by atoms with Gasteiger partial charge in [0.15, 0.2) is 5.96 Å². The van der Waals surface area contributed by atoms with E-state index in [1.165, 1.54) is 6.33 Å². The lowest BCUT2D eigenvalue weighted by molar-refractivity contribution is 0.483. The van der Waals surface area contributed by atoms with Crippen molar-refractivity contribution >= 4 is 35.6 Å². The topological polar surface area (TPSA) is 90.4 Å². The van der Waals surface area contributed by atoms with Crippen LogP contribution in [0.3, 0.4) is 0 Å². The standard InChI is InChI=1S/C22H20N6O.HI/c23-22(25-14-17-9-11-19(12-10-17)28-16-24-15-26-28)27-18-5-4-8-21(13-18)29-20-6-2-1-3-7-20;/h1-13,15-16H,14H2,(H3,23,25,27);1H. The maximum atomic E-state index is 6.04. The van der Waals surface area contributed by atoms with Gasteiger partial charge in [0.2, 0.25) is 0 Å². The zero-order valence-electron chi connectivity index (χ0n) is 16.1. The first kappa shape index (κ1) is 21.3. The van der Waals surface area contributed by atoms with Gasteiger partial charge in [0, 0.05) is 11.8 Å². The number of hydrogen-bond acceptors (Lipinski definition) is 4. The molecule has 0 bridgehead atoms. The van der Waals surface area contributed by atoms with Gasteiger partial charge in [-0.3, -0.25) is 0 Å². The molecule has 0 atom stereocenters. The molecule has 4 rings (SSSR count). The van der Waals surface area contributed by atoms with Crippen LogP contribution in [0, 0.1) is 0 Å². The molecule has 0 aliphatic carbocycles. The van der Waals surface area contributed by atoms with Crippen LogP contribution in [-0.4, -0.2) is 20.7 Å². The van der Waals surface area contributed by atoms with Crippen LogP contribution >= 0.6 is 24.0 Å². The van der Waals surface area contributed by atoms with Crippen LogP contribution in [0.25, 0.3) is 5.69 Å². The number of guanidine groups is 1. The van der Waals surface area contributed by atoms with Crippen molar-refractivity contribution in [3.63, 3.8) is 0 Å². The first-order valence-corrected chi connectivity index (χ1v) is 9.10. The molecule has 0 saturated heterocycles. The summed E-state index contributed by atoms with van der Waals surface area (Å²) in [6, 6.07) is 25.1. The number of aromatic nitrogens is 3. The second-order valence-corrected chi connectivity index (χ2v) is 6.28. The van der Waals surface area contributed by atoms with E-state index in [1.54, 1.807) is 11.0 Å². The summed E-state index contributed by atoms with van der Waals surface area (Å²) >= 11 is 0. The molecular formula is C22H21IN6O. The van der Waals surface area contributed by atoms with Crippen LogP contribution in [0.2, 0.25) is 0 Å². The van der Waals surface area contributed by atoms with Gasteiger partial charge in [0.25, 0.3) is 0 Å². The molecule has 0 saturated carbocycles. The third-order valence-corrected chi connectivity index (χ3v) is 4.14. The van der Waals surface area contributed by atoms with Gasteiger partial charge in [0.1, 0.15) is 24.2 Å². The molecule has 0 aliphatic heterocycles. The van der Waals surface area contributed by atoms with Gasteiger partial charge in [-0.05, 0) is 42.0 Å². The largest absolute Gasteiger partial charge is 0.457 e. The van der Waals surface area contributed by atoms with Crippen molar-refractivity contribution < 1.29 is 4.74 Å². The maximum Gasteiger partial charge on any atom is 0.193 e. The molecule has 7 nitrogen and oxygen atoms in total. The molecule has 152 valence electrons. The number of ether oxygens (including phenoxy) is 1. The Morgan fingerprint density at radius 1 is 0.967 bits per heavy atom. The van der Waals surface area contributed by atoms with Crippen LogP contribution in [0.15, 0.2) is 96.5 Å². The lowest BCUT2D eigenvalue weighted by atomic mass is 10.2. The van der Waals surface area contributed by atoms with E-state index >= 15 is 0 Å². The van der Waals surface area contributed by atoms with Crippen LogP contribution in [0.1, 0.15) is 5.56 Å². The molecule has 30 heavy (non-hydrogen) atoms. The number of anilines is 1. The monoisotopic (exact) mass is 512 g/mol. The van der Waals surface area contributed by atoms with Gasteiger partial charge < -0.3 is 15.8 Å². The van der Waals surface area contributed by atoms with Gasteiger partial charge in [-0.15, -0.1) is 24.0 Å². The fourth-order valence-corrected chi connectivity index (χ4v) is 2.72. The zero-order chi connectivity index (χ0) is 19.9. The predicted octanol–water partition coefficient (Wildman–Crippen LogP) is 4.60. The van der Waals surface area contributed by atoms with E-state index in [1.807, 2.05) is 78.9 Å². The van der Waals surface area contributed by atoms with Gasteiger partial charge in [0.05, 0.1) is 12.2 Å². The molecule has 0 fully saturated rings. The summed E-state index contributed by atoms with van der Waals surface area (Å²) in [7, 11) is 0. The number of aliphatic imine (C=N–C) groups is 1. The zero-order valence-corrected chi connectivity index (χ0v) is 18.4. The first-order valence-electron chi connectivity index (χ1n) is 9.10. The Kier molecular flexibility index (Phi) is 7.39. The van der Waals surface area contributed by atoms with Crippen molar-refractivity contribution in [2.45, 2.75) is 6.54 Å². The van der Waals surface area contributed by atoms with Crippen LogP contribution in [-0.2, 0) is 6.54 Å². The first-order chi connectivity index (χ1) is 14.3. The van der Waals surface area contributed by atoms with Crippen LogP contribution in [0.5, 0.6) is 11.5 Å². The summed E-state index contributed by atoms with van der Waals surface area (Å²) in [5.41, 5.74) is 8.83. The second-order valence-electron chi connectivity index (χ2n) is 6.28. The molecule has 8 heteroatoms. The van der Waals surface area contributed by atoms with E-state index in [4.69, 9.17) is 10.5 Å². The van der Waals surface area contributed by atoms with E-state index in [0.29, 0.717) is 12.5 Å². The second kappa shape index (κ2) is 10.4. The summed E-state index contributed by atoms with van der Waals surface area (Å²) in [5, 5.41) is 7.21. The fraction of sp³-hybridized carbons (Fsp3) is 0.0455. The number of nitrogens with one attached hydrogen (secondary N) is 1. The van der Waals surface area contributed by atoms with Crippen molar-refractivity contribution in [3.8, 4) is 17.2 Å². The molecule has 0 aliphatic rings. The third-order valence-electron chi connectivity index (χ3n) is 4.14. The minimum atomic E-state index is 0. The van der Waals surface area contributed by atoms with Crippen LogP contribution < -0.4 is 15.8 Å². The van der Waals surface area contributed by atoms with Crippen molar-refractivity contribution in [3.05, 3.63) is 97.1 Å². The number of hydrogen-bond donors (Lipinski definition) is 2. The van der Waals surface area contributed by atoms with E-state index in [9.17, 15) is 0 Å². The molecule has 4 aromatic rings. The maximum absolute atomic E-state index is 6.04. The highest BCUT2D eigenvalue weighted by atomic mass is 127. The molecular weight excluding hydrogens is 491 g/mol. The number of halogens is 1. The highest BCUT2D eigenvalue weighted by Crippen LogP contribution is 2.23. The normalized spacial score (nSPS) is 10.9. The molecule has 0 radical (unpaired) electrons. The number of rotatable bonds is 6. The Labute approximate surface area is 191 Å². The summed E-state index contributed by atoms with van der Waals surface area (Å²) in [6.45, 7) is 0.469. The lowest BCUT2D eigenvalue weighted by Crippen LogP contribution is -2.22. The van der Waals surface area contributed by atoms with E-state index in [2.05, 4.69) is 20.4 Å². The molecule has 1 aromatic heterocycles. The molecule has 0 amide bonds. The highest BCUT2D eigenvalue weighted by molar-refractivity contribution is 14.0. The minimum absolute atomic E-state index is 0. The Balaban J connectivity index is 0.00000256. The molecule has 0 spiro atoms. The SMILES string of the molecule is I.NC(=NCc1ccc(-n2cncn2)cc1)Nc1cccc(Oc2ccccc2)c1. The van der Waals surface area contributed by atoms with Gasteiger partial charge >= 0.3 is 0 Å². The smallest absolute Gasteiger partial charge is 0.193 e. The van der Waals surface area contributed by atoms with Crippen molar-refractivity contribution in [2.24, 2.45) is 10.7 Å². The summed E-state index contributed by atoms with van der Waals surface area (Å²) in [5.74, 6) is 1.83. The summed E-state index contributed by atoms with van der Waals surface area (Å²) < 4.78 is 7.54. The molecule has 3 aromatic carbocycles. The van der Waals surface area contributed by atoms with Crippen molar-refractivity contribution in [1.82, 2.24) is 14.8 Å². The average molecular weight is 512 g/mol. The van der Waals surface area contributed by atoms with Crippen LogP contribution in [0.4, 0.5) is 5.69 Å². The average Bonchev–Trinajstić information content (AvgIpc) is 3.29. The van der Waals surface area contributed by atoms with E-state index in [-0.39, 0.29) is 24.0 Å². The number of nitrogens with zero attached hydrogens (tertiary/aromatic N) is 4. The molecule has 1 heterocycles. The number of para-hydroxylation sites is 1. The fourth-order valence-electron chi connectivity index (χ4n) is 2.72. The van der Waals surface area contributed by atoms with Gasteiger partial charge in [-0.2, -0.15) is 5.10 Å². The highest BCUT2D eigenvalue weighted by Gasteiger charge is 2.01. The van der Waals surface area contributed by atoms with E-state index in [0.717, 1.165) is 28.4 Å². The van der Waals surface area contributed by atoms with Crippen molar-refractivity contribution in [2.75, 3.05) is 5.32 Å². The summed E-state index contributed by atoms with van der Waals surface area (Å²) in [6.07, 6.45) is 3.16. The van der Waals surface area contributed by atoms with Crippen molar-refractivity contribution in [1.29, 1.82) is 0 Å². The number of nitrogens with two attached hydrogens (primary N) is 1. The Morgan fingerprint density at radius 2 is 1.73 bits per heavy atom. The predicted molar refractivity (Wildman–Crippen MR) is 129 cm³/mol. The molecule has 0 unspecified atom stereocenters. The Hall–Kier alpha value is -3.40. The quantitative estimate of drug-likeness (QED) is 0.224. The number of benzene rings is 3. The third kappa shape index (κ3) is 5.80. The van der Waals surface area contributed by atoms with Gasteiger partial charge in [-0.1, -0.05) is 36.4 Å².